The molecule has 0 atom stereocenters. The molecule has 0 N–H and O–H groups in total. The van der Waals surface area contributed by atoms with Gasteiger partial charge in [-0.05, 0) is 83.9 Å². The van der Waals surface area contributed by atoms with Crippen LogP contribution >= 0.6 is 0 Å². The quantitative estimate of drug-likeness (QED) is 0.0856. The number of halogens is 3. The summed E-state index contributed by atoms with van der Waals surface area (Å²) in [5.74, 6) is 0. The van der Waals surface area contributed by atoms with Crippen molar-refractivity contribution in [1.29, 1.82) is 0 Å². The van der Waals surface area contributed by atoms with E-state index in [0.717, 1.165) is 44.9 Å². The summed E-state index contributed by atoms with van der Waals surface area (Å²) in [6, 6.07) is 41.1. The molecule has 0 aliphatic heterocycles. The van der Waals surface area contributed by atoms with Gasteiger partial charge in [0.25, 0.3) is 0 Å². The van der Waals surface area contributed by atoms with Crippen molar-refractivity contribution in [1.82, 2.24) is 0 Å². The Hall–Kier alpha value is -1.97. The molecule has 246 valence electrons. The molecular weight excluding hydrogens is 687 g/mol. The van der Waals surface area contributed by atoms with Gasteiger partial charge >= 0.3 is 21.7 Å². The Morgan fingerprint density at radius 2 is 0.766 bits per heavy atom. The van der Waals surface area contributed by atoms with Gasteiger partial charge in [-0.2, -0.15) is 11.6 Å². The molecule has 5 aromatic rings. The van der Waals surface area contributed by atoms with Crippen LogP contribution in [-0.4, -0.2) is 8.07 Å². The molecule has 0 unspecified atom stereocenters. The molecule has 0 radical (unpaired) electrons. The Labute approximate surface area is 319 Å². The first-order chi connectivity index (χ1) is 21.0. The van der Waals surface area contributed by atoms with E-state index in [1.165, 1.54) is 60.1 Å². The van der Waals surface area contributed by atoms with E-state index in [1.54, 1.807) is 5.19 Å². The van der Waals surface area contributed by atoms with Crippen molar-refractivity contribution in [3.8, 4) is 0 Å². The van der Waals surface area contributed by atoms with Gasteiger partial charge in [0.1, 0.15) is 8.07 Å². The van der Waals surface area contributed by atoms with E-state index in [9.17, 15) is 0 Å². The molecule has 5 heteroatoms. The summed E-state index contributed by atoms with van der Waals surface area (Å²) in [5.41, 5.74) is 11.6. The van der Waals surface area contributed by atoms with Gasteiger partial charge in [0.2, 0.25) is 0 Å². The van der Waals surface area contributed by atoms with Crippen LogP contribution in [-0.2, 0) is 66.7 Å². The van der Waals surface area contributed by atoms with E-state index < -0.39 is 8.07 Å². The predicted molar refractivity (Wildman–Crippen MR) is 191 cm³/mol. The maximum atomic E-state index is 2.58. The molecule has 0 spiro atoms. The van der Waals surface area contributed by atoms with E-state index >= 15 is 0 Å². The second-order valence-corrected chi connectivity index (χ2v) is 15.9. The van der Waals surface area contributed by atoms with Crippen LogP contribution in [0, 0.1) is 0 Å². The van der Waals surface area contributed by atoms with Crippen LogP contribution in [0.1, 0.15) is 86.1 Å². The van der Waals surface area contributed by atoms with Gasteiger partial charge in [0.05, 0.1) is 0 Å². The van der Waals surface area contributed by atoms with E-state index in [2.05, 4.69) is 145 Å². The molecule has 0 saturated carbocycles. The molecule has 5 aromatic carbocycles. The summed E-state index contributed by atoms with van der Waals surface area (Å²) in [7, 11) is -2.73. The van der Waals surface area contributed by atoms with Gasteiger partial charge in [-0.15, -0.1) is 5.19 Å². The first kappa shape index (κ1) is 43.1. The second-order valence-electron chi connectivity index (χ2n) is 12.1. The van der Waals surface area contributed by atoms with Gasteiger partial charge in [0.15, 0.2) is 0 Å². The molecule has 0 fully saturated rings. The van der Waals surface area contributed by atoms with Crippen LogP contribution in [0.25, 0.3) is 0 Å². The summed E-state index contributed by atoms with van der Waals surface area (Å²) in [6.07, 6.45) is 7.25. The molecule has 0 aliphatic rings. The first-order valence-electron chi connectivity index (χ1n) is 16.7. The normalized spacial score (nSPS) is 10.7. The van der Waals surface area contributed by atoms with Crippen LogP contribution in [0.4, 0.5) is 0 Å². The number of hydrogen-bond donors (Lipinski definition) is 0. The number of benzene rings is 4. The summed E-state index contributed by atoms with van der Waals surface area (Å²) in [5, 5.41) is 6.16. The fourth-order valence-corrected chi connectivity index (χ4v) is 12.3. The van der Waals surface area contributed by atoms with Crippen molar-refractivity contribution in [2.45, 2.75) is 86.5 Å². The Bertz CT molecular complexity index is 1470. The smallest absolute Gasteiger partial charge is 1.00 e. The molecule has 0 amide bonds. The summed E-state index contributed by atoms with van der Waals surface area (Å²) in [6.45, 7) is 13.9. The molecule has 0 heterocycles. The van der Waals surface area contributed by atoms with Gasteiger partial charge in [-0.1, -0.05) is 142 Å². The van der Waals surface area contributed by atoms with Crippen molar-refractivity contribution in [3.05, 3.63) is 148 Å². The van der Waals surface area contributed by atoms with Gasteiger partial charge in [0, 0.05) is 0 Å². The van der Waals surface area contributed by atoms with E-state index in [4.69, 9.17) is 0 Å². The maximum absolute atomic E-state index is 2.73. The maximum Gasteiger partial charge on any atom is 4.00 e. The zero-order valence-electron chi connectivity index (χ0n) is 28.9. The fourth-order valence-electron chi connectivity index (χ4n) is 6.92. The molecule has 47 heavy (non-hydrogen) atoms. The van der Waals surface area contributed by atoms with Gasteiger partial charge in [-0.25, -0.2) is 12.1 Å². The number of rotatable bonds is 12. The minimum absolute atomic E-state index is 0. The van der Waals surface area contributed by atoms with E-state index in [-0.39, 0.29) is 58.9 Å². The molecule has 0 nitrogen and oxygen atoms in total. The Morgan fingerprint density at radius 3 is 1.09 bits per heavy atom. The van der Waals surface area contributed by atoms with E-state index in [1.807, 2.05) is 0 Å². The van der Waals surface area contributed by atoms with Gasteiger partial charge in [-0.3, -0.25) is 0 Å². The van der Waals surface area contributed by atoms with Crippen molar-refractivity contribution in [2.24, 2.45) is 0 Å². The second kappa shape index (κ2) is 19.9. The van der Waals surface area contributed by atoms with E-state index in [0.29, 0.717) is 0 Å². The van der Waals surface area contributed by atoms with Crippen molar-refractivity contribution in [3.63, 3.8) is 0 Å². The SMILES string of the molecule is CCc1cc(CC)cc([Si](c2cc(CC)cc(CC)c2)(c2cc(CC)cc(CC)c2)[c-]2cccc2Cc2ccccc2)c1.[Cl-].[Cl-].[Cl-].[Ti+4]. The predicted octanol–water partition coefficient (Wildman–Crippen LogP) is -1.24. The van der Waals surface area contributed by atoms with Crippen molar-refractivity contribution < 1.29 is 58.9 Å². The van der Waals surface area contributed by atoms with Gasteiger partial charge < -0.3 is 37.2 Å². The molecule has 0 aliphatic carbocycles. The standard InChI is InChI=1S/C42H49Si.3ClH.Ti/c1-7-31-21-32(8-2)26-39(25-31)43(40-27-33(9-3)22-34(10-4)28-40,41-29-35(11-5)23-36(12-6)30-41)42-20-16-19-38(42)24-37-17-14-13-15-18-37;;;;/h13-23,25-30H,7-12,24H2,1-6H3;3*1H;/q-1;;;;+4/p-3. The van der Waals surface area contributed by atoms with Crippen molar-refractivity contribution in [2.75, 3.05) is 0 Å². The molecular formula is C42H49Cl3SiTi. The molecule has 0 aromatic heterocycles. The molecule has 0 bridgehead atoms. The average Bonchev–Trinajstić information content (AvgIpc) is 3.52. The van der Waals surface area contributed by atoms with Crippen LogP contribution in [0.15, 0.2) is 103 Å². The molecule has 0 saturated heterocycles. The minimum Gasteiger partial charge on any atom is -1.00 e. The third-order valence-corrected chi connectivity index (χ3v) is 14.2. The monoisotopic (exact) mass is 734 g/mol. The topological polar surface area (TPSA) is 0 Å². The third kappa shape index (κ3) is 9.18. The fraction of sp³-hybridized carbons (Fsp3) is 0.310. The van der Waals surface area contributed by atoms with Crippen LogP contribution in [0.5, 0.6) is 0 Å². The summed E-state index contributed by atoms with van der Waals surface area (Å²) >= 11 is 0. The number of aryl methyl sites for hydroxylation is 6. The summed E-state index contributed by atoms with van der Waals surface area (Å²) in [4.78, 5) is 0. The zero-order valence-corrected chi connectivity index (χ0v) is 33.7. The van der Waals surface area contributed by atoms with Crippen LogP contribution in [0.3, 0.4) is 0 Å². The third-order valence-electron chi connectivity index (χ3n) is 9.45. The van der Waals surface area contributed by atoms with Crippen molar-refractivity contribution >= 4 is 28.8 Å². The summed E-state index contributed by atoms with van der Waals surface area (Å²) < 4.78 is 0. The zero-order chi connectivity index (χ0) is 30.4. The van der Waals surface area contributed by atoms with Crippen LogP contribution < -0.4 is 58.0 Å². The molecule has 5 rings (SSSR count). The average molecular weight is 736 g/mol. The Morgan fingerprint density at radius 1 is 0.426 bits per heavy atom. The van der Waals surface area contributed by atoms with Crippen LogP contribution in [0.2, 0.25) is 0 Å². The number of hydrogen-bond acceptors (Lipinski definition) is 0. The first-order valence-corrected chi connectivity index (χ1v) is 18.7. The minimum atomic E-state index is -2.73. The Balaban J connectivity index is 0.00000276. The Kier molecular flexibility index (Phi) is 18.2. The largest absolute Gasteiger partial charge is 4.00 e.